The van der Waals surface area contributed by atoms with E-state index in [1.807, 2.05) is 0 Å². The maximum atomic E-state index is 10.7. The Kier molecular flexibility index (Phi) is 2.98. The van der Waals surface area contributed by atoms with Gasteiger partial charge in [0.25, 0.3) is 0 Å². The van der Waals surface area contributed by atoms with Crippen LogP contribution in [-0.4, -0.2) is 29.0 Å². The SMILES string of the molecule is Cc1cnc(NN(C)C)c([N+](=O)[O-])c1. The minimum atomic E-state index is -0.453. The molecular weight excluding hydrogens is 184 g/mol. The van der Waals surface area contributed by atoms with Crippen molar-refractivity contribution in [2.24, 2.45) is 0 Å². The molecule has 1 aromatic rings. The number of nitro groups is 1. The Balaban J connectivity index is 3.08. The summed E-state index contributed by atoms with van der Waals surface area (Å²) in [6.07, 6.45) is 1.58. The van der Waals surface area contributed by atoms with Gasteiger partial charge in [0.2, 0.25) is 5.82 Å². The normalized spacial score (nSPS) is 10.3. The number of hydrogen-bond acceptors (Lipinski definition) is 5. The minimum absolute atomic E-state index is 0.0151. The molecule has 0 saturated carbocycles. The molecule has 0 fully saturated rings. The highest BCUT2D eigenvalue weighted by Crippen LogP contribution is 2.22. The van der Waals surface area contributed by atoms with Crippen molar-refractivity contribution >= 4 is 11.5 Å². The number of rotatable bonds is 3. The monoisotopic (exact) mass is 196 g/mol. The summed E-state index contributed by atoms with van der Waals surface area (Å²) in [5.41, 5.74) is 3.51. The number of nitrogens with zero attached hydrogens (tertiary/aromatic N) is 3. The van der Waals surface area contributed by atoms with Crippen LogP contribution in [-0.2, 0) is 0 Å². The van der Waals surface area contributed by atoms with Crippen LogP contribution in [0.2, 0.25) is 0 Å². The summed E-state index contributed by atoms with van der Waals surface area (Å²) in [6.45, 7) is 1.76. The molecule has 0 spiro atoms. The van der Waals surface area contributed by atoms with E-state index in [2.05, 4.69) is 10.4 Å². The van der Waals surface area contributed by atoms with E-state index in [9.17, 15) is 10.1 Å². The van der Waals surface area contributed by atoms with Crippen molar-refractivity contribution in [3.05, 3.63) is 27.9 Å². The zero-order valence-corrected chi connectivity index (χ0v) is 8.31. The molecule has 0 bridgehead atoms. The molecule has 6 nitrogen and oxygen atoms in total. The molecule has 0 aliphatic rings. The lowest BCUT2D eigenvalue weighted by Crippen LogP contribution is -2.21. The van der Waals surface area contributed by atoms with Gasteiger partial charge in [0.1, 0.15) is 0 Å². The summed E-state index contributed by atoms with van der Waals surface area (Å²) >= 11 is 0. The van der Waals surface area contributed by atoms with Crippen LogP contribution in [0.4, 0.5) is 11.5 Å². The minimum Gasteiger partial charge on any atom is -0.298 e. The molecule has 0 aliphatic carbocycles. The van der Waals surface area contributed by atoms with Gasteiger partial charge >= 0.3 is 5.69 Å². The average molecular weight is 196 g/mol. The second kappa shape index (κ2) is 4.01. The highest BCUT2D eigenvalue weighted by Gasteiger charge is 2.15. The number of anilines is 1. The van der Waals surface area contributed by atoms with Gasteiger partial charge in [-0.1, -0.05) is 0 Å². The highest BCUT2D eigenvalue weighted by molar-refractivity contribution is 5.55. The van der Waals surface area contributed by atoms with Crippen molar-refractivity contribution in [3.63, 3.8) is 0 Å². The van der Waals surface area contributed by atoms with Crippen molar-refractivity contribution in [1.82, 2.24) is 9.99 Å². The molecule has 76 valence electrons. The van der Waals surface area contributed by atoms with E-state index in [4.69, 9.17) is 0 Å². The Morgan fingerprint density at radius 1 is 1.57 bits per heavy atom. The van der Waals surface area contributed by atoms with Crippen LogP contribution in [0.15, 0.2) is 12.3 Å². The van der Waals surface area contributed by atoms with Gasteiger partial charge in [0.15, 0.2) is 0 Å². The lowest BCUT2D eigenvalue weighted by molar-refractivity contribution is -0.384. The number of aryl methyl sites for hydroxylation is 1. The van der Waals surface area contributed by atoms with Crippen LogP contribution >= 0.6 is 0 Å². The van der Waals surface area contributed by atoms with Crippen molar-refractivity contribution in [2.75, 3.05) is 19.5 Å². The van der Waals surface area contributed by atoms with E-state index in [0.717, 1.165) is 5.56 Å². The molecule has 1 aromatic heterocycles. The van der Waals surface area contributed by atoms with Crippen molar-refractivity contribution in [3.8, 4) is 0 Å². The van der Waals surface area contributed by atoms with E-state index in [0.29, 0.717) is 0 Å². The standard InChI is InChI=1S/C8H12N4O2/c1-6-4-7(12(13)14)8(9-5-6)10-11(2)3/h4-5H,1-3H3,(H,9,10). The first-order valence-electron chi connectivity index (χ1n) is 4.05. The first-order valence-corrected chi connectivity index (χ1v) is 4.05. The fourth-order valence-electron chi connectivity index (χ4n) is 0.991. The maximum Gasteiger partial charge on any atom is 0.312 e. The summed E-state index contributed by atoms with van der Waals surface area (Å²) in [4.78, 5) is 14.2. The summed E-state index contributed by atoms with van der Waals surface area (Å²) in [7, 11) is 3.48. The van der Waals surface area contributed by atoms with Crippen LogP contribution in [0.3, 0.4) is 0 Å². The van der Waals surface area contributed by atoms with Crippen molar-refractivity contribution < 1.29 is 4.92 Å². The second-order valence-corrected chi connectivity index (χ2v) is 3.14. The summed E-state index contributed by atoms with van der Waals surface area (Å²) < 4.78 is 0. The Bertz CT molecular complexity index is 351. The molecule has 1 N–H and O–H groups in total. The second-order valence-electron chi connectivity index (χ2n) is 3.14. The third kappa shape index (κ3) is 2.40. The van der Waals surface area contributed by atoms with Crippen LogP contribution in [0.25, 0.3) is 0 Å². The van der Waals surface area contributed by atoms with E-state index in [-0.39, 0.29) is 11.5 Å². The van der Waals surface area contributed by atoms with Gasteiger partial charge < -0.3 is 0 Å². The number of aromatic nitrogens is 1. The smallest absolute Gasteiger partial charge is 0.298 e. The molecule has 0 amide bonds. The Morgan fingerprint density at radius 3 is 2.71 bits per heavy atom. The molecule has 0 aromatic carbocycles. The summed E-state index contributed by atoms with van der Waals surface area (Å²) in [6, 6.07) is 1.48. The number of pyridine rings is 1. The van der Waals surface area contributed by atoms with Gasteiger partial charge in [0.05, 0.1) is 4.92 Å². The average Bonchev–Trinajstić information content (AvgIpc) is 2.07. The number of hydrogen-bond donors (Lipinski definition) is 1. The lowest BCUT2D eigenvalue weighted by atomic mass is 10.3. The van der Waals surface area contributed by atoms with Crippen molar-refractivity contribution in [1.29, 1.82) is 0 Å². The molecule has 14 heavy (non-hydrogen) atoms. The van der Waals surface area contributed by atoms with Crippen LogP contribution in [0, 0.1) is 17.0 Å². The third-order valence-electron chi connectivity index (χ3n) is 1.53. The summed E-state index contributed by atoms with van der Waals surface area (Å²) in [5, 5.41) is 12.3. The molecule has 0 radical (unpaired) electrons. The first-order chi connectivity index (χ1) is 6.50. The lowest BCUT2D eigenvalue weighted by Gasteiger charge is -2.12. The van der Waals surface area contributed by atoms with Crippen molar-refractivity contribution in [2.45, 2.75) is 6.92 Å². The fraction of sp³-hybridized carbons (Fsp3) is 0.375. The van der Waals surface area contributed by atoms with Gasteiger partial charge in [-0.25, -0.2) is 9.99 Å². The van der Waals surface area contributed by atoms with Gasteiger partial charge in [-0.15, -0.1) is 0 Å². The highest BCUT2D eigenvalue weighted by atomic mass is 16.6. The van der Waals surface area contributed by atoms with E-state index < -0.39 is 4.92 Å². The number of hydrazine groups is 1. The predicted octanol–water partition coefficient (Wildman–Crippen LogP) is 1.19. The summed E-state index contributed by atoms with van der Waals surface area (Å²) in [5.74, 6) is 0.255. The Morgan fingerprint density at radius 2 is 2.21 bits per heavy atom. The number of nitrogens with one attached hydrogen (secondary N) is 1. The van der Waals surface area contributed by atoms with E-state index >= 15 is 0 Å². The Hall–Kier alpha value is -1.69. The van der Waals surface area contributed by atoms with Crippen LogP contribution < -0.4 is 5.43 Å². The quantitative estimate of drug-likeness (QED) is 0.580. The fourth-order valence-corrected chi connectivity index (χ4v) is 0.991. The maximum absolute atomic E-state index is 10.7. The van der Waals surface area contributed by atoms with E-state index in [1.54, 1.807) is 32.2 Å². The molecule has 0 aliphatic heterocycles. The molecule has 1 heterocycles. The Labute approximate surface area is 81.7 Å². The van der Waals surface area contributed by atoms with Gasteiger partial charge in [-0.3, -0.25) is 15.5 Å². The van der Waals surface area contributed by atoms with Crippen LogP contribution in [0.5, 0.6) is 0 Å². The predicted molar refractivity (Wildman–Crippen MR) is 52.9 cm³/mol. The first kappa shape index (κ1) is 10.4. The molecule has 0 unspecified atom stereocenters. The zero-order chi connectivity index (χ0) is 10.7. The largest absolute Gasteiger partial charge is 0.312 e. The van der Waals surface area contributed by atoms with Crippen LogP contribution in [0.1, 0.15) is 5.56 Å². The molecular formula is C8H12N4O2. The van der Waals surface area contributed by atoms with E-state index in [1.165, 1.54) is 6.07 Å². The topological polar surface area (TPSA) is 71.3 Å². The van der Waals surface area contributed by atoms with Gasteiger partial charge in [0, 0.05) is 26.4 Å². The van der Waals surface area contributed by atoms with Gasteiger partial charge in [-0.2, -0.15) is 0 Å². The molecule has 6 heteroatoms. The zero-order valence-electron chi connectivity index (χ0n) is 8.31. The molecule has 0 atom stereocenters. The molecule has 0 saturated heterocycles. The third-order valence-corrected chi connectivity index (χ3v) is 1.53. The van der Waals surface area contributed by atoms with Gasteiger partial charge in [-0.05, 0) is 12.5 Å². The molecule has 1 rings (SSSR count).